The van der Waals surface area contributed by atoms with Crippen molar-refractivity contribution in [1.82, 2.24) is 5.32 Å². The first kappa shape index (κ1) is 13.1. The first-order chi connectivity index (χ1) is 9.65. The molecule has 0 aromatic heterocycles. The van der Waals surface area contributed by atoms with Gasteiger partial charge in [-0.1, -0.05) is 0 Å². The molecule has 1 saturated heterocycles. The summed E-state index contributed by atoms with van der Waals surface area (Å²) < 4.78 is 16.1. The van der Waals surface area contributed by atoms with E-state index in [2.05, 4.69) is 5.32 Å². The molecule has 1 aromatic rings. The summed E-state index contributed by atoms with van der Waals surface area (Å²) in [5, 5.41) is 2.93. The molecule has 1 amide bonds. The van der Waals surface area contributed by atoms with E-state index in [-0.39, 0.29) is 24.8 Å². The second-order valence-corrected chi connectivity index (χ2v) is 5.11. The predicted molar refractivity (Wildman–Crippen MR) is 72.9 cm³/mol. The number of hydrogen-bond acceptors (Lipinski definition) is 5. The fourth-order valence-electron chi connectivity index (χ4n) is 2.53. The first-order valence-electron chi connectivity index (χ1n) is 6.77. The van der Waals surface area contributed by atoms with Crippen molar-refractivity contribution in [2.75, 3.05) is 19.1 Å². The Hall–Kier alpha value is -1.95. The number of nitrogens with two attached hydrogens (primary N) is 1. The van der Waals surface area contributed by atoms with E-state index in [0.717, 1.165) is 19.4 Å². The molecule has 2 atom stereocenters. The predicted octanol–water partition coefficient (Wildman–Crippen LogP) is 1.29. The van der Waals surface area contributed by atoms with Crippen molar-refractivity contribution in [3.8, 4) is 11.5 Å². The van der Waals surface area contributed by atoms with Gasteiger partial charge in [0, 0.05) is 18.4 Å². The third kappa shape index (κ3) is 2.38. The fourth-order valence-corrected chi connectivity index (χ4v) is 2.53. The fraction of sp³-hybridized carbons (Fsp3) is 0.500. The van der Waals surface area contributed by atoms with Crippen LogP contribution < -0.4 is 20.5 Å². The highest BCUT2D eigenvalue weighted by molar-refractivity contribution is 6.00. The van der Waals surface area contributed by atoms with Crippen LogP contribution in [-0.2, 0) is 4.74 Å². The van der Waals surface area contributed by atoms with Gasteiger partial charge >= 0.3 is 0 Å². The first-order valence-corrected chi connectivity index (χ1v) is 6.77. The summed E-state index contributed by atoms with van der Waals surface area (Å²) in [5.74, 6) is 0.907. The second-order valence-electron chi connectivity index (χ2n) is 5.11. The Morgan fingerprint density at radius 3 is 2.85 bits per heavy atom. The molecule has 3 N–H and O–H groups in total. The Bertz CT molecular complexity index is 526. The number of amides is 1. The van der Waals surface area contributed by atoms with Gasteiger partial charge in [-0.05, 0) is 25.8 Å². The number of benzene rings is 1. The quantitative estimate of drug-likeness (QED) is 0.814. The van der Waals surface area contributed by atoms with Crippen molar-refractivity contribution in [1.29, 1.82) is 0 Å². The summed E-state index contributed by atoms with van der Waals surface area (Å²) in [6, 6.07) is 3.19. The van der Waals surface area contributed by atoms with E-state index in [1.165, 1.54) is 0 Å². The van der Waals surface area contributed by atoms with Crippen molar-refractivity contribution >= 4 is 11.6 Å². The van der Waals surface area contributed by atoms with E-state index in [1.54, 1.807) is 12.1 Å². The zero-order chi connectivity index (χ0) is 14.1. The van der Waals surface area contributed by atoms with E-state index in [0.29, 0.717) is 22.7 Å². The van der Waals surface area contributed by atoms with Gasteiger partial charge in [0.05, 0.1) is 17.7 Å². The largest absolute Gasteiger partial charge is 0.454 e. The van der Waals surface area contributed by atoms with E-state index in [4.69, 9.17) is 19.9 Å². The number of rotatable bonds is 3. The zero-order valence-corrected chi connectivity index (χ0v) is 11.3. The standard InChI is InChI=1S/C14H18N2O4/c1-8(11-3-2-4-18-11)16-14(17)9-5-12-13(6-10(9)15)20-7-19-12/h5-6,8,11H,2-4,7,15H2,1H3,(H,16,17). The molecule has 2 heterocycles. The van der Waals surface area contributed by atoms with Crippen LogP contribution in [0.15, 0.2) is 12.1 Å². The van der Waals surface area contributed by atoms with Crippen LogP contribution in [0.1, 0.15) is 30.1 Å². The monoisotopic (exact) mass is 278 g/mol. The van der Waals surface area contributed by atoms with Crippen LogP contribution in [0.25, 0.3) is 0 Å². The molecule has 1 fully saturated rings. The molecule has 2 aliphatic rings. The molecular weight excluding hydrogens is 260 g/mol. The molecule has 1 aromatic carbocycles. The average molecular weight is 278 g/mol. The number of nitrogen functional groups attached to an aromatic ring is 1. The highest BCUT2D eigenvalue weighted by Gasteiger charge is 2.26. The lowest BCUT2D eigenvalue weighted by molar-refractivity contribution is 0.0712. The van der Waals surface area contributed by atoms with Crippen LogP contribution >= 0.6 is 0 Å². The highest BCUT2D eigenvalue weighted by atomic mass is 16.7. The van der Waals surface area contributed by atoms with Crippen molar-refractivity contribution in [3.05, 3.63) is 17.7 Å². The van der Waals surface area contributed by atoms with Gasteiger partial charge in [0.2, 0.25) is 6.79 Å². The molecule has 0 radical (unpaired) electrons. The average Bonchev–Trinajstić information content (AvgIpc) is 3.08. The minimum Gasteiger partial charge on any atom is -0.454 e. The van der Waals surface area contributed by atoms with Crippen molar-refractivity contribution in [2.24, 2.45) is 0 Å². The van der Waals surface area contributed by atoms with Crippen LogP contribution in [-0.4, -0.2) is 31.5 Å². The third-order valence-electron chi connectivity index (χ3n) is 3.67. The maximum atomic E-state index is 12.3. The molecule has 2 aliphatic heterocycles. The van der Waals surface area contributed by atoms with Crippen LogP contribution in [0.2, 0.25) is 0 Å². The Balaban J connectivity index is 1.73. The Morgan fingerprint density at radius 2 is 2.15 bits per heavy atom. The lowest BCUT2D eigenvalue weighted by Crippen LogP contribution is -2.41. The molecule has 0 aliphatic carbocycles. The molecular formula is C14H18N2O4. The number of carbonyl (C=O) groups is 1. The van der Waals surface area contributed by atoms with Gasteiger partial charge in [-0.15, -0.1) is 0 Å². The molecule has 0 bridgehead atoms. The molecule has 0 saturated carbocycles. The van der Waals surface area contributed by atoms with E-state index < -0.39 is 0 Å². The van der Waals surface area contributed by atoms with E-state index in [9.17, 15) is 4.79 Å². The minimum absolute atomic E-state index is 0.0465. The summed E-state index contributed by atoms with van der Waals surface area (Å²) >= 11 is 0. The number of anilines is 1. The molecule has 20 heavy (non-hydrogen) atoms. The SMILES string of the molecule is CC(NC(=O)c1cc2c(cc1N)OCO2)C1CCCO1. The summed E-state index contributed by atoms with van der Waals surface area (Å²) in [4.78, 5) is 12.3. The van der Waals surface area contributed by atoms with Gasteiger partial charge in [-0.25, -0.2) is 0 Å². The van der Waals surface area contributed by atoms with Crippen LogP contribution in [0, 0.1) is 0 Å². The van der Waals surface area contributed by atoms with Crippen molar-refractivity contribution in [3.63, 3.8) is 0 Å². The molecule has 6 heteroatoms. The van der Waals surface area contributed by atoms with E-state index in [1.807, 2.05) is 6.92 Å². The summed E-state index contributed by atoms with van der Waals surface area (Å²) in [5.41, 5.74) is 6.68. The number of fused-ring (bicyclic) bond motifs is 1. The lowest BCUT2D eigenvalue weighted by Gasteiger charge is -2.20. The Kier molecular flexibility index (Phi) is 3.40. The summed E-state index contributed by atoms with van der Waals surface area (Å²) in [6.45, 7) is 2.86. The highest BCUT2D eigenvalue weighted by Crippen LogP contribution is 2.35. The van der Waals surface area contributed by atoms with Gasteiger partial charge in [0.15, 0.2) is 11.5 Å². The minimum atomic E-state index is -0.219. The van der Waals surface area contributed by atoms with Gasteiger partial charge in [0.25, 0.3) is 5.91 Å². The smallest absolute Gasteiger partial charge is 0.253 e. The number of ether oxygens (including phenoxy) is 3. The molecule has 108 valence electrons. The van der Waals surface area contributed by atoms with E-state index >= 15 is 0 Å². The normalized spacial score (nSPS) is 21.8. The van der Waals surface area contributed by atoms with Gasteiger partial charge in [-0.3, -0.25) is 4.79 Å². The zero-order valence-electron chi connectivity index (χ0n) is 11.3. The summed E-state index contributed by atoms with van der Waals surface area (Å²) in [6.07, 6.45) is 2.09. The molecule has 6 nitrogen and oxygen atoms in total. The maximum absolute atomic E-state index is 12.3. The van der Waals surface area contributed by atoms with Crippen LogP contribution in [0.3, 0.4) is 0 Å². The molecule has 3 rings (SSSR count). The Labute approximate surface area is 117 Å². The van der Waals surface area contributed by atoms with Crippen molar-refractivity contribution < 1.29 is 19.0 Å². The van der Waals surface area contributed by atoms with Gasteiger partial charge in [-0.2, -0.15) is 0 Å². The Morgan fingerprint density at radius 1 is 1.40 bits per heavy atom. The van der Waals surface area contributed by atoms with Crippen molar-refractivity contribution in [2.45, 2.75) is 31.9 Å². The van der Waals surface area contributed by atoms with Crippen LogP contribution in [0.5, 0.6) is 11.5 Å². The summed E-state index contributed by atoms with van der Waals surface area (Å²) in [7, 11) is 0. The second kappa shape index (κ2) is 5.20. The number of nitrogens with one attached hydrogen (secondary N) is 1. The number of carbonyl (C=O) groups excluding carboxylic acids is 1. The molecule has 2 unspecified atom stereocenters. The van der Waals surface area contributed by atoms with Gasteiger partial charge in [0.1, 0.15) is 0 Å². The number of hydrogen-bond donors (Lipinski definition) is 2. The molecule has 0 spiro atoms. The topological polar surface area (TPSA) is 82.8 Å². The van der Waals surface area contributed by atoms with Crippen LogP contribution in [0.4, 0.5) is 5.69 Å². The van der Waals surface area contributed by atoms with Gasteiger partial charge < -0.3 is 25.3 Å². The maximum Gasteiger partial charge on any atom is 0.253 e. The third-order valence-corrected chi connectivity index (χ3v) is 3.67. The lowest BCUT2D eigenvalue weighted by atomic mass is 10.1.